The molecular formula is C26H27ClN2O3S. The maximum atomic E-state index is 12.6. The zero-order valence-electron chi connectivity index (χ0n) is 18.6. The van der Waals surface area contributed by atoms with Crippen molar-refractivity contribution in [2.75, 3.05) is 17.2 Å². The molecule has 2 N–H and O–H groups in total. The summed E-state index contributed by atoms with van der Waals surface area (Å²) in [5.74, 6) is 0.445. The Hall–Kier alpha value is -2.96. The lowest BCUT2D eigenvalue weighted by Gasteiger charge is -2.13. The topological polar surface area (TPSA) is 67.4 Å². The number of nitrogens with one attached hydrogen (secondary N) is 2. The first-order valence-electron chi connectivity index (χ1n) is 10.8. The molecule has 0 bridgehead atoms. The van der Waals surface area contributed by atoms with Gasteiger partial charge < -0.3 is 15.4 Å². The predicted molar refractivity (Wildman–Crippen MR) is 137 cm³/mol. The summed E-state index contributed by atoms with van der Waals surface area (Å²) in [7, 11) is 0. The molecule has 0 radical (unpaired) electrons. The largest absolute Gasteiger partial charge is 0.494 e. The molecule has 0 aliphatic rings. The second-order valence-corrected chi connectivity index (χ2v) is 9.32. The minimum absolute atomic E-state index is 0.104. The average Bonchev–Trinajstić information content (AvgIpc) is 2.80. The van der Waals surface area contributed by atoms with Gasteiger partial charge in [-0.25, -0.2) is 0 Å². The minimum atomic E-state index is -0.329. The lowest BCUT2D eigenvalue weighted by Crippen LogP contribution is -2.22. The van der Waals surface area contributed by atoms with Gasteiger partial charge in [0.2, 0.25) is 5.91 Å². The van der Waals surface area contributed by atoms with Gasteiger partial charge in [0, 0.05) is 26.9 Å². The van der Waals surface area contributed by atoms with E-state index >= 15 is 0 Å². The van der Waals surface area contributed by atoms with Crippen molar-refractivity contribution in [1.29, 1.82) is 0 Å². The highest BCUT2D eigenvalue weighted by atomic mass is 35.5. The first kappa shape index (κ1) is 24.7. The predicted octanol–water partition coefficient (Wildman–Crippen LogP) is 6.89. The van der Waals surface area contributed by atoms with E-state index in [9.17, 15) is 9.59 Å². The molecular weight excluding hydrogens is 456 g/mol. The number of carbonyl (C=O) groups is 2. The maximum Gasteiger partial charge on any atom is 0.255 e. The molecule has 0 heterocycles. The molecule has 0 fully saturated rings. The highest BCUT2D eigenvalue weighted by Gasteiger charge is 2.15. The van der Waals surface area contributed by atoms with Gasteiger partial charge >= 0.3 is 0 Å². The van der Waals surface area contributed by atoms with Gasteiger partial charge in [-0.1, -0.05) is 37.1 Å². The lowest BCUT2D eigenvalue weighted by atomic mass is 10.2. The van der Waals surface area contributed by atoms with Crippen LogP contribution in [0.5, 0.6) is 5.75 Å². The van der Waals surface area contributed by atoms with Gasteiger partial charge in [-0.05, 0) is 74.0 Å². The Labute approximate surface area is 203 Å². The summed E-state index contributed by atoms with van der Waals surface area (Å²) in [6, 6.07) is 21.6. The summed E-state index contributed by atoms with van der Waals surface area (Å²) in [4.78, 5) is 26.0. The van der Waals surface area contributed by atoms with Crippen molar-refractivity contribution in [3.8, 4) is 5.75 Å². The molecule has 5 nitrogen and oxygen atoms in total. The quantitative estimate of drug-likeness (QED) is 0.244. The van der Waals surface area contributed by atoms with Crippen LogP contribution in [0.2, 0.25) is 5.02 Å². The van der Waals surface area contributed by atoms with E-state index in [1.54, 1.807) is 30.3 Å². The number of halogens is 1. The third-order valence-electron chi connectivity index (χ3n) is 4.75. The third-order valence-corrected chi connectivity index (χ3v) is 6.08. The summed E-state index contributed by atoms with van der Waals surface area (Å²) in [6.07, 6.45) is 2.10. The highest BCUT2D eigenvalue weighted by molar-refractivity contribution is 8.00. The Morgan fingerprint density at radius 3 is 2.45 bits per heavy atom. The van der Waals surface area contributed by atoms with E-state index in [-0.39, 0.29) is 17.1 Å². The van der Waals surface area contributed by atoms with E-state index < -0.39 is 0 Å². The molecule has 3 rings (SSSR count). The maximum absolute atomic E-state index is 12.6. The molecule has 0 saturated heterocycles. The summed E-state index contributed by atoms with van der Waals surface area (Å²) in [5.41, 5.74) is 1.85. The van der Waals surface area contributed by atoms with Crippen LogP contribution in [-0.4, -0.2) is 23.7 Å². The molecule has 7 heteroatoms. The molecule has 0 aromatic heterocycles. The number of rotatable bonds is 10. The van der Waals surface area contributed by atoms with Gasteiger partial charge in [0.15, 0.2) is 0 Å². The second-order valence-electron chi connectivity index (χ2n) is 7.47. The van der Waals surface area contributed by atoms with Crippen LogP contribution in [0, 0.1) is 0 Å². The zero-order valence-corrected chi connectivity index (χ0v) is 20.2. The van der Waals surface area contributed by atoms with Crippen LogP contribution in [0.1, 0.15) is 37.0 Å². The van der Waals surface area contributed by atoms with Gasteiger partial charge in [0.25, 0.3) is 5.91 Å². The number of hydrogen-bond donors (Lipinski definition) is 2. The number of ether oxygens (including phenoxy) is 1. The van der Waals surface area contributed by atoms with Gasteiger partial charge in [0.1, 0.15) is 5.75 Å². The second kappa shape index (κ2) is 12.3. The van der Waals surface area contributed by atoms with Gasteiger partial charge in [-0.2, -0.15) is 0 Å². The highest BCUT2D eigenvalue weighted by Crippen LogP contribution is 2.27. The van der Waals surface area contributed by atoms with Crippen molar-refractivity contribution >= 4 is 46.6 Å². The van der Waals surface area contributed by atoms with Crippen molar-refractivity contribution in [1.82, 2.24) is 0 Å². The van der Waals surface area contributed by atoms with Crippen molar-refractivity contribution in [2.24, 2.45) is 0 Å². The summed E-state index contributed by atoms with van der Waals surface area (Å²) in [6.45, 7) is 4.66. The number of carbonyl (C=O) groups excluding carboxylic acids is 2. The first-order chi connectivity index (χ1) is 15.9. The Morgan fingerprint density at radius 1 is 0.970 bits per heavy atom. The summed E-state index contributed by atoms with van der Waals surface area (Å²) < 4.78 is 5.65. The number of unbranched alkanes of at least 4 members (excludes halogenated alkanes) is 1. The standard InChI is InChI=1S/C26H27ClN2O3S/c1-3-4-15-32-23-13-11-21(12-14-23)28-25(30)18(2)33-24-10-6-9-22(17-24)29-26(31)19-7-5-8-20(27)16-19/h5-14,16-18H,3-4,15H2,1-2H3,(H,28,30)(H,29,31). The van der Waals surface area contributed by atoms with Gasteiger partial charge in [-0.15, -0.1) is 11.8 Å². The monoisotopic (exact) mass is 482 g/mol. The molecule has 0 aliphatic heterocycles. The summed E-state index contributed by atoms with van der Waals surface area (Å²) in [5, 5.41) is 5.98. The number of thioether (sulfide) groups is 1. The number of hydrogen-bond acceptors (Lipinski definition) is 4. The molecule has 1 unspecified atom stereocenters. The van der Waals surface area contributed by atoms with E-state index in [4.69, 9.17) is 16.3 Å². The molecule has 0 spiro atoms. The van der Waals surface area contributed by atoms with Crippen LogP contribution < -0.4 is 15.4 Å². The molecule has 3 aromatic rings. The van der Waals surface area contributed by atoms with Crippen molar-refractivity contribution in [3.05, 3.63) is 83.4 Å². The summed E-state index contributed by atoms with van der Waals surface area (Å²) >= 11 is 7.39. The smallest absolute Gasteiger partial charge is 0.255 e. The van der Waals surface area contributed by atoms with Crippen LogP contribution in [0.15, 0.2) is 77.7 Å². The van der Waals surface area contributed by atoms with Crippen molar-refractivity contribution in [3.63, 3.8) is 0 Å². The van der Waals surface area contributed by atoms with Crippen LogP contribution in [0.4, 0.5) is 11.4 Å². The Bertz CT molecular complexity index is 1090. The van der Waals surface area contributed by atoms with Gasteiger partial charge in [0.05, 0.1) is 11.9 Å². The third kappa shape index (κ3) is 7.84. The molecule has 0 aliphatic carbocycles. The van der Waals surface area contributed by atoms with Crippen LogP contribution >= 0.6 is 23.4 Å². The van der Waals surface area contributed by atoms with Crippen molar-refractivity contribution < 1.29 is 14.3 Å². The molecule has 1 atom stereocenters. The van der Waals surface area contributed by atoms with Gasteiger partial charge in [-0.3, -0.25) is 9.59 Å². The first-order valence-corrected chi connectivity index (χ1v) is 12.1. The minimum Gasteiger partial charge on any atom is -0.494 e. The normalized spacial score (nSPS) is 11.5. The molecule has 2 amide bonds. The fraction of sp³-hybridized carbons (Fsp3) is 0.231. The molecule has 172 valence electrons. The SMILES string of the molecule is CCCCOc1ccc(NC(=O)C(C)Sc2cccc(NC(=O)c3cccc(Cl)c3)c2)cc1. The van der Waals surface area contributed by atoms with E-state index in [2.05, 4.69) is 17.6 Å². The van der Waals surface area contributed by atoms with Crippen LogP contribution in [0.25, 0.3) is 0 Å². The van der Waals surface area contributed by atoms with E-state index in [1.165, 1.54) is 11.8 Å². The van der Waals surface area contributed by atoms with Crippen LogP contribution in [-0.2, 0) is 4.79 Å². The Morgan fingerprint density at radius 2 is 1.73 bits per heavy atom. The van der Waals surface area contributed by atoms with Crippen LogP contribution in [0.3, 0.4) is 0 Å². The number of benzene rings is 3. The Balaban J connectivity index is 1.54. The van der Waals surface area contributed by atoms with E-state index in [0.717, 1.165) is 29.2 Å². The fourth-order valence-electron chi connectivity index (χ4n) is 2.95. The average molecular weight is 483 g/mol. The Kier molecular flexibility index (Phi) is 9.22. The molecule has 0 saturated carbocycles. The fourth-order valence-corrected chi connectivity index (χ4v) is 4.07. The number of anilines is 2. The number of amides is 2. The molecule has 3 aromatic carbocycles. The van der Waals surface area contributed by atoms with E-state index in [0.29, 0.717) is 22.9 Å². The lowest BCUT2D eigenvalue weighted by molar-refractivity contribution is -0.115. The van der Waals surface area contributed by atoms with E-state index in [1.807, 2.05) is 49.4 Å². The molecule has 33 heavy (non-hydrogen) atoms. The van der Waals surface area contributed by atoms with Crippen molar-refractivity contribution in [2.45, 2.75) is 36.8 Å². The zero-order chi connectivity index (χ0) is 23.6.